The third kappa shape index (κ3) is 2.25. The Hall–Kier alpha value is -0.480. The highest BCUT2D eigenvalue weighted by Gasteiger charge is 2.24. The van der Waals surface area contributed by atoms with Crippen LogP contribution in [-0.4, -0.2) is 11.2 Å². The second-order valence-corrected chi connectivity index (χ2v) is 3.84. The molecular formula is C11H18O. The largest absolute Gasteiger partial charge is 0.392 e. The van der Waals surface area contributed by atoms with Crippen molar-refractivity contribution < 1.29 is 5.11 Å². The maximum atomic E-state index is 9.80. The van der Waals surface area contributed by atoms with Crippen molar-refractivity contribution in [3.05, 3.63) is 0 Å². The van der Waals surface area contributed by atoms with E-state index in [1.54, 1.807) is 0 Å². The molecule has 1 N–H and O–H groups in total. The SMILES string of the molecule is C#CC(C)[C@H](O)C1CCCCC1. The summed E-state index contributed by atoms with van der Waals surface area (Å²) in [5, 5.41) is 9.80. The summed E-state index contributed by atoms with van der Waals surface area (Å²) in [5.74, 6) is 3.10. The number of aliphatic hydroxyl groups excluding tert-OH is 1. The van der Waals surface area contributed by atoms with Gasteiger partial charge in [-0.15, -0.1) is 12.3 Å². The van der Waals surface area contributed by atoms with Crippen molar-refractivity contribution in [1.29, 1.82) is 0 Å². The molecule has 0 spiro atoms. The number of hydrogen-bond donors (Lipinski definition) is 1. The van der Waals surface area contributed by atoms with Gasteiger partial charge < -0.3 is 5.11 Å². The van der Waals surface area contributed by atoms with Gasteiger partial charge in [0.05, 0.1) is 6.10 Å². The summed E-state index contributed by atoms with van der Waals surface area (Å²) in [4.78, 5) is 0. The van der Waals surface area contributed by atoms with E-state index in [1.807, 2.05) is 6.92 Å². The standard InChI is InChI=1S/C11H18O/c1-3-9(2)11(12)10-7-5-4-6-8-10/h1,9-12H,4-8H2,2H3/t9?,11-/m0/s1. The second-order valence-electron chi connectivity index (χ2n) is 3.84. The summed E-state index contributed by atoms with van der Waals surface area (Å²) in [6, 6.07) is 0. The molecule has 0 amide bonds. The summed E-state index contributed by atoms with van der Waals surface area (Å²) >= 11 is 0. The van der Waals surface area contributed by atoms with Crippen molar-refractivity contribution in [2.45, 2.75) is 45.1 Å². The first-order chi connectivity index (χ1) is 5.75. The zero-order valence-electron chi connectivity index (χ0n) is 7.79. The van der Waals surface area contributed by atoms with Gasteiger partial charge in [-0.05, 0) is 25.7 Å². The first-order valence-electron chi connectivity index (χ1n) is 4.90. The molecule has 1 fully saturated rings. The van der Waals surface area contributed by atoms with Gasteiger partial charge in [0.25, 0.3) is 0 Å². The normalized spacial score (nSPS) is 24.4. The quantitative estimate of drug-likeness (QED) is 0.623. The van der Waals surface area contributed by atoms with Crippen LogP contribution < -0.4 is 0 Å². The average Bonchev–Trinajstić information content (AvgIpc) is 2.17. The molecule has 1 aliphatic carbocycles. The highest BCUT2D eigenvalue weighted by molar-refractivity contribution is 4.96. The molecule has 0 aromatic rings. The minimum Gasteiger partial charge on any atom is -0.392 e. The van der Waals surface area contributed by atoms with Crippen LogP contribution in [0.25, 0.3) is 0 Å². The van der Waals surface area contributed by atoms with Crippen LogP contribution in [-0.2, 0) is 0 Å². The number of terminal acetylenes is 1. The van der Waals surface area contributed by atoms with E-state index in [0.717, 1.165) is 12.8 Å². The zero-order valence-corrected chi connectivity index (χ0v) is 7.79. The molecule has 0 heterocycles. The fourth-order valence-electron chi connectivity index (χ4n) is 1.98. The Morgan fingerprint density at radius 2 is 1.92 bits per heavy atom. The predicted molar refractivity (Wildman–Crippen MR) is 50.6 cm³/mol. The smallest absolute Gasteiger partial charge is 0.0702 e. The molecule has 68 valence electrons. The van der Waals surface area contributed by atoms with Crippen LogP contribution >= 0.6 is 0 Å². The Balaban J connectivity index is 2.40. The van der Waals surface area contributed by atoms with E-state index in [-0.39, 0.29) is 12.0 Å². The average molecular weight is 166 g/mol. The first-order valence-corrected chi connectivity index (χ1v) is 4.90. The van der Waals surface area contributed by atoms with Gasteiger partial charge in [0.2, 0.25) is 0 Å². The van der Waals surface area contributed by atoms with E-state index in [2.05, 4.69) is 5.92 Å². The molecule has 1 unspecified atom stereocenters. The van der Waals surface area contributed by atoms with E-state index in [0.29, 0.717) is 5.92 Å². The molecule has 0 aromatic carbocycles. The third-order valence-corrected chi connectivity index (χ3v) is 2.91. The summed E-state index contributed by atoms with van der Waals surface area (Å²) in [6.45, 7) is 1.93. The van der Waals surface area contributed by atoms with Crippen LogP contribution in [0.4, 0.5) is 0 Å². The Morgan fingerprint density at radius 1 is 1.33 bits per heavy atom. The monoisotopic (exact) mass is 166 g/mol. The minimum absolute atomic E-state index is 0.0214. The Bertz CT molecular complexity index is 162. The molecule has 1 rings (SSSR count). The van der Waals surface area contributed by atoms with Gasteiger partial charge in [-0.25, -0.2) is 0 Å². The summed E-state index contributed by atoms with van der Waals surface area (Å²) in [5.41, 5.74) is 0. The molecule has 1 aliphatic rings. The van der Waals surface area contributed by atoms with E-state index in [9.17, 15) is 5.11 Å². The van der Waals surface area contributed by atoms with Crippen LogP contribution in [0.5, 0.6) is 0 Å². The Kier molecular flexibility index (Phi) is 3.62. The summed E-state index contributed by atoms with van der Waals surface area (Å²) < 4.78 is 0. The lowest BCUT2D eigenvalue weighted by Gasteiger charge is -2.28. The minimum atomic E-state index is -0.268. The molecule has 0 aliphatic heterocycles. The van der Waals surface area contributed by atoms with Crippen molar-refractivity contribution in [1.82, 2.24) is 0 Å². The van der Waals surface area contributed by atoms with Crippen molar-refractivity contribution >= 4 is 0 Å². The third-order valence-electron chi connectivity index (χ3n) is 2.91. The lowest BCUT2D eigenvalue weighted by atomic mass is 9.81. The van der Waals surface area contributed by atoms with Gasteiger partial charge in [-0.2, -0.15) is 0 Å². The van der Waals surface area contributed by atoms with Crippen LogP contribution in [0.1, 0.15) is 39.0 Å². The molecule has 0 aromatic heterocycles. The maximum Gasteiger partial charge on any atom is 0.0702 e. The molecule has 12 heavy (non-hydrogen) atoms. The Morgan fingerprint density at radius 3 is 2.42 bits per heavy atom. The molecular weight excluding hydrogens is 148 g/mol. The highest BCUT2D eigenvalue weighted by Crippen LogP contribution is 2.29. The Labute approximate surface area is 75.2 Å². The van der Waals surface area contributed by atoms with E-state index in [4.69, 9.17) is 6.42 Å². The van der Waals surface area contributed by atoms with Gasteiger partial charge in [0.15, 0.2) is 0 Å². The van der Waals surface area contributed by atoms with Gasteiger partial charge >= 0.3 is 0 Å². The molecule has 1 saturated carbocycles. The van der Waals surface area contributed by atoms with Gasteiger partial charge in [-0.1, -0.05) is 19.3 Å². The molecule has 0 bridgehead atoms. The fourth-order valence-corrected chi connectivity index (χ4v) is 1.98. The topological polar surface area (TPSA) is 20.2 Å². The van der Waals surface area contributed by atoms with Gasteiger partial charge in [0, 0.05) is 5.92 Å². The van der Waals surface area contributed by atoms with Crippen molar-refractivity contribution in [2.75, 3.05) is 0 Å². The number of rotatable bonds is 2. The lowest BCUT2D eigenvalue weighted by Crippen LogP contribution is -2.28. The van der Waals surface area contributed by atoms with Crippen LogP contribution in [0.15, 0.2) is 0 Å². The summed E-state index contributed by atoms with van der Waals surface area (Å²) in [7, 11) is 0. The summed E-state index contributed by atoms with van der Waals surface area (Å²) in [6.07, 6.45) is 11.2. The maximum absolute atomic E-state index is 9.80. The van der Waals surface area contributed by atoms with E-state index >= 15 is 0 Å². The highest BCUT2D eigenvalue weighted by atomic mass is 16.3. The van der Waals surface area contributed by atoms with Gasteiger partial charge in [-0.3, -0.25) is 0 Å². The van der Waals surface area contributed by atoms with Crippen molar-refractivity contribution in [3.8, 4) is 12.3 Å². The molecule has 2 atom stereocenters. The number of aliphatic hydroxyl groups is 1. The molecule has 0 radical (unpaired) electrons. The first kappa shape index (κ1) is 9.61. The molecule has 1 nitrogen and oxygen atoms in total. The molecule has 1 heteroatoms. The molecule has 0 saturated heterocycles. The van der Waals surface area contributed by atoms with Crippen molar-refractivity contribution in [2.24, 2.45) is 11.8 Å². The van der Waals surface area contributed by atoms with Gasteiger partial charge in [0.1, 0.15) is 0 Å². The fraction of sp³-hybridized carbons (Fsp3) is 0.818. The van der Waals surface area contributed by atoms with Crippen LogP contribution in [0.2, 0.25) is 0 Å². The van der Waals surface area contributed by atoms with E-state index < -0.39 is 0 Å². The zero-order chi connectivity index (χ0) is 8.97. The van der Waals surface area contributed by atoms with E-state index in [1.165, 1.54) is 19.3 Å². The van der Waals surface area contributed by atoms with Crippen molar-refractivity contribution in [3.63, 3.8) is 0 Å². The second kappa shape index (κ2) is 4.52. The van der Waals surface area contributed by atoms with Crippen LogP contribution in [0.3, 0.4) is 0 Å². The van der Waals surface area contributed by atoms with Crippen LogP contribution in [0, 0.1) is 24.2 Å². The lowest BCUT2D eigenvalue weighted by molar-refractivity contribution is 0.0587. The predicted octanol–water partition coefficient (Wildman–Crippen LogP) is 2.20. The number of hydrogen-bond acceptors (Lipinski definition) is 1.